The molecule has 3 unspecified atom stereocenters. The van der Waals surface area contributed by atoms with Gasteiger partial charge in [0.1, 0.15) is 0 Å². The van der Waals surface area contributed by atoms with Gasteiger partial charge in [0.15, 0.2) is 0 Å². The van der Waals surface area contributed by atoms with E-state index in [4.69, 9.17) is 0 Å². The first kappa shape index (κ1) is 15.7. The summed E-state index contributed by atoms with van der Waals surface area (Å²) < 4.78 is 0. The van der Waals surface area contributed by atoms with Gasteiger partial charge >= 0.3 is 0 Å². The molecule has 0 aromatic heterocycles. The molecule has 1 N–H and O–H groups in total. The van der Waals surface area contributed by atoms with E-state index in [0.717, 1.165) is 12.0 Å². The van der Waals surface area contributed by atoms with Crippen LogP contribution in [0.2, 0.25) is 0 Å². The van der Waals surface area contributed by atoms with Crippen LogP contribution in [-0.2, 0) is 16.0 Å². The Morgan fingerprint density at radius 2 is 1.62 bits per heavy atom. The van der Waals surface area contributed by atoms with Gasteiger partial charge in [-0.05, 0) is 24.6 Å². The molecule has 0 spiro atoms. The molecule has 1 saturated heterocycles. The molecule has 3 atom stereocenters. The third-order valence-corrected chi connectivity index (χ3v) is 4.57. The van der Waals surface area contributed by atoms with Gasteiger partial charge < -0.3 is 5.32 Å². The number of imide groups is 1. The fourth-order valence-corrected chi connectivity index (χ4v) is 2.74. The van der Waals surface area contributed by atoms with Crippen LogP contribution in [0.3, 0.4) is 0 Å². The van der Waals surface area contributed by atoms with Crippen molar-refractivity contribution in [3.05, 3.63) is 35.4 Å². The number of hydrogen-bond acceptors (Lipinski definition) is 3. The Morgan fingerprint density at radius 1 is 1.10 bits per heavy atom. The van der Waals surface area contributed by atoms with E-state index >= 15 is 0 Å². The molecule has 1 heterocycles. The minimum atomic E-state index is -0.211. The van der Waals surface area contributed by atoms with Crippen LogP contribution in [0.25, 0.3) is 0 Å². The van der Waals surface area contributed by atoms with E-state index in [9.17, 15) is 9.59 Å². The van der Waals surface area contributed by atoms with Gasteiger partial charge in [-0.3, -0.25) is 14.5 Å². The fourth-order valence-electron chi connectivity index (χ4n) is 2.74. The van der Waals surface area contributed by atoms with Crippen molar-refractivity contribution in [2.45, 2.75) is 33.2 Å². The first-order chi connectivity index (χ1) is 9.99. The summed E-state index contributed by atoms with van der Waals surface area (Å²) in [6.45, 7) is 6.17. The summed E-state index contributed by atoms with van der Waals surface area (Å²) >= 11 is 0. The lowest BCUT2D eigenvalue weighted by Gasteiger charge is -2.23. The van der Waals surface area contributed by atoms with Crippen molar-refractivity contribution < 1.29 is 9.59 Å². The zero-order chi connectivity index (χ0) is 15.6. The molecule has 1 aromatic carbocycles. The zero-order valence-corrected chi connectivity index (χ0v) is 13.2. The topological polar surface area (TPSA) is 49.4 Å². The minimum absolute atomic E-state index is 0.0266. The van der Waals surface area contributed by atoms with E-state index in [1.54, 1.807) is 0 Å². The molecule has 1 aromatic rings. The minimum Gasteiger partial charge on any atom is -0.312 e. The molecule has 4 heteroatoms. The van der Waals surface area contributed by atoms with Gasteiger partial charge in [0.25, 0.3) is 0 Å². The predicted octanol–water partition coefficient (Wildman–Crippen LogP) is 2.15. The molecule has 114 valence electrons. The Morgan fingerprint density at radius 3 is 2.05 bits per heavy atom. The zero-order valence-electron chi connectivity index (χ0n) is 13.2. The van der Waals surface area contributed by atoms with Crippen molar-refractivity contribution in [1.29, 1.82) is 0 Å². The normalized spacial score (nSPS) is 23.7. The second-order valence-corrected chi connectivity index (χ2v) is 5.80. The average Bonchev–Trinajstić information content (AvgIpc) is 2.70. The average molecular weight is 288 g/mol. The van der Waals surface area contributed by atoms with Crippen LogP contribution in [0, 0.1) is 11.8 Å². The molecular formula is C17H24N2O2. The van der Waals surface area contributed by atoms with Crippen LogP contribution in [0.4, 0.5) is 0 Å². The molecular weight excluding hydrogens is 264 g/mol. The summed E-state index contributed by atoms with van der Waals surface area (Å²) in [5, 5.41) is 3.21. The van der Waals surface area contributed by atoms with Gasteiger partial charge in [0.05, 0.1) is 6.04 Å². The standard InChI is InChI=1S/C17H24N2O2/c1-5-13-6-8-14(9-7-13)15(18-4)10-19-16(20)11(2)12(3)17(19)21/h6-9,11-12,15,18H,5,10H2,1-4H3. The molecule has 1 aliphatic heterocycles. The van der Waals surface area contributed by atoms with Gasteiger partial charge in [-0.25, -0.2) is 0 Å². The Labute approximate surface area is 126 Å². The quantitative estimate of drug-likeness (QED) is 0.845. The molecule has 2 rings (SSSR count). The van der Waals surface area contributed by atoms with Crippen molar-refractivity contribution in [2.75, 3.05) is 13.6 Å². The first-order valence-electron chi connectivity index (χ1n) is 7.60. The Hall–Kier alpha value is -1.68. The van der Waals surface area contributed by atoms with E-state index in [-0.39, 0.29) is 29.7 Å². The summed E-state index contributed by atoms with van der Waals surface area (Å²) in [6, 6.07) is 8.30. The van der Waals surface area contributed by atoms with Crippen LogP contribution < -0.4 is 5.32 Å². The fraction of sp³-hybridized carbons (Fsp3) is 0.529. The molecule has 0 radical (unpaired) electrons. The maximum Gasteiger partial charge on any atom is 0.232 e. The molecule has 21 heavy (non-hydrogen) atoms. The first-order valence-corrected chi connectivity index (χ1v) is 7.60. The van der Waals surface area contributed by atoms with Crippen molar-refractivity contribution in [3.63, 3.8) is 0 Å². The second-order valence-electron chi connectivity index (χ2n) is 5.80. The van der Waals surface area contributed by atoms with Gasteiger partial charge in [-0.15, -0.1) is 0 Å². The van der Waals surface area contributed by atoms with Gasteiger partial charge in [0.2, 0.25) is 11.8 Å². The number of carbonyl (C=O) groups excluding carboxylic acids is 2. The highest BCUT2D eigenvalue weighted by molar-refractivity contribution is 6.04. The largest absolute Gasteiger partial charge is 0.312 e. The summed E-state index contributed by atoms with van der Waals surface area (Å²) in [5.74, 6) is -0.536. The lowest BCUT2D eigenvalue weighted by molar-refractivity contribution is -0.140. The molecule has 0 saturated carbocycles. The van der Waals surface area contributed by atoms with E-state index in [1.165, 1.54) is 10.5 Å². The number of likely N-dealkylation sites (N-methyl/N-ethyl adjacent to an activating group) is 1. The van der Waals surface area contributed by atoms with Gasteiger partial charge in [-0.1, -0.05) is 45.0 Å². The number of hydrogen-bond donors (Lipinski definition) is 1. The summed E-state index contributed by atoms with van der Waals surface area (Å²) in [4.78, 5) is 25.8. The van der Waals surface area contributed by atoms with Crippen molar-refractivity contribution >= 4 is 11.8 Å². The van der Waals surface area contributed by atoms with Crippen LogP contribution in [0.1, 0.15) is 37.9 Å². The smallest absolute Gasteiger partial charge is 0.232 e. The Kier molecular flexibility index (Phi) is 4.78. The number of nitrogens with one attached hydrogen (secondary N) is 1. The number of benzene rings is 1. The highest BCUT2D eigenvalue weighted by Crippen LogP contribution is 2.27. The third kappa shape index (κ3) is 3.00. The number of carbonyl (C=O) groups is 2. The van der Waals surface area contributed by atoms with Crippen molar-refractivity contribution in [2.24, 2.45) is 11.8 Å². The maximum absolute atomic E-state index is 12.2. The Balaban J connectivity index is 2.15. The van der Waals surface area contributed by atoms with E-state index in [2.05, 4.69) is 36.5 Å². The van der Waals surface area contributed by atoms with Crippen LogP contribution in [-0.4, -0.2) is 30.3 Å². The molecule has 1 aliphatic rings. The van der Waals surface area contributed by atoms with Crippen LogP contribution in [0.15, 0.2) is 24.3 Å². The molecule has 2 amide bonds. The number of amides is 2. The SMILES string of the molecule is CCc1ccc(C(CN2C(=O)C(C)C(C)C2=O)NC)cc1. The number of nitrogens with zero attached hydrogens (tertiary/aromatic N) is 1. The highest BCUT2D eigenvalue weighted by atomic mass is 16.2. The molecule has 1 fully saturated rings. The maximum atomic E-state index is 12.2. The molecule has 0 bridgehead atoms. The molecule has 4 nitrogen and oxygen atoms in total. The van der Waals surface area contributed by atoms with Crippen molar-refractivity contribution in [3.8, 4) is 0 Å². The molecule has 0 aliphatic carbocycles. The lowest BCUT2D eigenvalue weighted by atomic mass is 10.00. The third-order valence-electron chi connectivity index (χ3n) is 4.57. The summed E-state index contributed by atoms with van der Waals surface area (Å²) in [6.07, 6.45) is 1.00. The lowest BCUT2D eigenvalue weighted by Crippen LogP contribution is -2.38. The van der Waals surface area contributed by atoms with Gasteiger partial charge in [0, 0.05) is 18.4 Å². The Bertz CT molecular complexity index is 504. The predicted molar refractivity (Wildman–Crippen MR) is 82.7 cm³/mol. The number of rotatable bonds is 5. The van der Waals surface area contributed by atoms with Crippen LogP contribution >= 0.6 is 0 Å². The number of likely N-dealkylation sites (tertiary alicyclic amines) is 1. The van der Waals surface area contributed by atoms with E-state index in [1.807, 2.05) is 20.9 Å². The van der Waals surface area contributed by atoms with Crippen LogP contribution in [0.5, 0.6) is 0 Å². The van der Waals surface area contributed by atoms with E-state index in [0.29, 0.717) is 6.54 Å². The summed E-state index contributed by atoms with van der Waals surface area (Å²) in [7, 11) is 1.86. The van der Waals surface area contributed by atoms with Gasteiger partial charge in [-0.2, -0.15) is 0 Å². The summed E-state index contributed by atoms with van der Waals surface area (Å²) in [5.41, 5.74) is 2.38. The van der Waals surface area contributed by atoms with E-state index < -0.39 is 0 Å². The highest BCUT2D eigenvalue weighted by Gasteiger charge is 2.42. The number of aryl methyl sites for hydroxylation is 1. The van der Waals surface area contributed by atoms with Crippen molar-refractivity contribution in [1.82, 2.24) is 10.2 Å². The monoisotopic (exact) mass is 288 g/mol. The second kappa shape index (κ2) is 6.39.